The van der Waals surface area contributed by atoms with Gasteiger partial charge < -0.3 is 11.5 Å². The van der Waals surface area contributed by atoms with Crippen LogP contribution in [-0.4, -0.2) is 24.1 Å². The first-order valence-corrected chi connectivity index (χ1v) is 9.84. The molecule has 0 unspecified atom stereocenters. The summed E-state index contributed by atoms with van der Waals surface area (Å²) in [6.07, 6.45) is 1.58. The second-order valence-electron chi connectivity index (χ2n) is 6.34. The van der Waals surface area contributed by atoms with Crippen LogP contribution in [0.25, 0.3) is 10.9 Å². The number of aromatic nitrogens is 1. The molecular formula is C19H21N5O2S. The molecule has 0 bridgehead atoms. The van der Waals surface area contributed by atoms with Gasteiger partial charge in [-0.2, -0.15) is 5.10 Å². The number of hydrogen-bond donors (Lipinski definition) is 2. The number of guanidine groups is 1. The van der Waals surface area contributed by atoms with E-state index in [0.29, 0.717) is 16.8 Å². The zero-order chi connectivity index (χ0) is 19.6. The average molecular weight is 383 g/mol. The van der Waals surface area contributed by atoms with E-state index in [-0.39, 0.29) is 16.8 Å². The molecule has 7 nitrogen and oxygen atoms in total. The Labute approximate surface area is 158 Å². The van der Waals surface area contributed by atoms with Gasteiger partial charge in [0.15, 0.2) is 0 Å². The molecule has 0 saturated carbocycles. The van der Waals surface area contributed by atoms with Gasteiger partial charge in [-0.3, -0.25) is 0 Å². The Hall–Kier alpha value is -3.13. The van der Waals surface area contributed by atoms with Crippen LogP contribution in [-0.2, 0) is 10.0 Å². The third-order valence-electron chi connectivity index (χ3n) is 4.07. The summed E-state index contributed by atoms with van der Waals surface area (Å²) >= 11 is 0. The maximum atomic E-state index is 13.2. The summed E-state index contributed by atoms with van der Waals surface area (Å²) in [6, 6.07) is 15.6. The molecule has 0 atom stereocenters. The van der Waals surface area contributed by atoms with Crippen LogP contribution in [0.5, 0.6) is 0 Å². The van der Waals surface area contributed by atoms with E-state index < -0.39 is 10.0 Å². The number of rotatable bonds is 5. The number of para-hydroxylation sites is 1. The summed E-state index contributed by atoms with van der Waals surface area (Å²) in [5, 5.41) is 8.68. The van der Waals surface area contributed by atoms with Crippen molar-refractivity contribution >= 4 is 32.6 Å². The van der Waals surface area contributed by atoms with Gasteiger partial charge in [-0.15, -0.1) is 5.10 Å². The van der Waals surface area contributed by atoms with Gasteiger partial charge in [-0.1, -0.05) is 50.2 Å². The molecule has 3 rings (SSSR count). The Balaban J connectivity index is 2.30. The molecule has 0 aliphatic heterocycles. The summed E-state index contributed by atoms with van der Waals surface area (Å²) in [4.78, 5) is 0.213. The minimum absolute atomic E-state index is 0.0215. The monoisotopic (exact) mass is 383 g/mol. The van der Waals surface area contributed by atoms with Crippen molar-refractivity contribution in [2.45, 2.75) is 18.7 Å². The summed E-state index contributed by atoms with van der Waals surface area (Å²) in [6.45, 7) is 3.89. The maximum absolute atomic E-state index is 13.2. The lowest BCUT2D eigenvalue weighted by atomic mass is 10.00. The molecule has 8 heteroatoms. The molecule has 0 aliphatic rings. The molecule has 140 valence electrons. The molecule has 4 N–H and O–H groups in total. The number of nitrogens with zero attached hydrogens (tertiary/aromatic N) is 3. The van der Waals surface area contributed by atoms with Crippen LogP contribution in [0.2, 0.25) is 0 Å². The van der Waals surface area contributed by atoms with Crippen molar-refractivity contribution in [1.82, 2.24) is 3.97 Å². The van der Waals surface area contributed by atoms with E-state index in [0.717, 1.165) is 5.39 Å². The van der Waals surface area contributed by atoms with Crippen LogP contribution in [0, 0.1) is 5.92 Å². The minimum Gasteiger partial charge on any atom is -0.369 e. The van der Waals surface area contributed by atoms with Gasteiger partial charge in [-0.05, 0) is 24.1 Å². The van der Waals surface area contributed by atoms with Crippen LogP contribution >= 0.6 is 0 Å². The number of nitrogens with two attached hydrogens (primary N) is 2. The average Bonchev–Trinajstić information content (AvgIpc) is 3.02. The highest BCUT2D eigenvalue weighted by atomic mass is 32.2. The molecule has 0 fully saturated rings. The molecule has 2 aromatic carbocycles. The second-order valence-corrected chi connectivity index (χ2v) is 8.15. The first-order valence-electron chi connectivity index (χ1n) is 8.40. The van der Waals surface area contributed by atoms with E-state index in [4.69, 9.17) is 11.5 Å². The number of hydrogen-bond acceptors (Lipinski definition) is 4. The van der Waals surface area contributed by atoms with Crippen LogP contribution in [0.4, 0.5) is 0 Å². The van der Waals surface area contributed by atoms with Gasteiger partial charge in [0.2, 0.25) is 5.96 Å². The maximum Gasteiger partial charge on any atom is 0.268 e. The third kappa shape index (κ3) is 3.56. The smallest absolute Gasteiger partial charge is 0.268 e. The van der Waals surface area contributed by atoms with Crippen LogP contribution < -0.4 is 11.5 Å². The number of benzene rings is 2. The summed E-state index contributed by atoms with van der Waals surface area (Å²) in [5.41, 5.74) is 12.6. The summed E-state index contributed by atoms with van der Waals surface area (Å²) in [7, 11) is -3.76. The molecule has 0 amide bonds. The van der Waals surface area contributed by atoms with Gasteiger partial charge in [0.1, 0.15) is 0 Å². The molecule has 27 heavy (non-hydrogen) atoms. The van der Waals surface area contributed by atoms with E-state index >= 15 is 0 Å². The normalized spacial score (nSPS) is 12.5. The summed E-state index contributed by atoms with van der Waals surface area (Å²) in [5.74, 6) is -0.180. The van der Waals surface area contributed by atoms with Crippen LogP contribution in [0.3, 0.4) is 0 Å². The fraction of sp³-hybridized carbons (Fsp3) is 0.158. The Morgan fingerprint density at radius 3 is 2.22 bits per heavy atom. The lowest BCUT2D eigenvalue weighted by Crippen LogP contribution is -2.22. The molecule has 1 heterocycles. The minimum atomic E-state index is -3.76. The predicted molar refractivity (Wildman–Crippen MR) is 108 cm³/mol. The second kappa shape index (κ2) is 7.24. The molecule has 0 radical (unpaired) electrons. The van der Waals surface area contributed by atoms with E-state index in [1.54, 1.807) is 48.7 Å². The zero-order valence-corrected chi connectivity index (χ0v) is 15.9. The fourth-order valence-electron chi connectivity index (χ4n) is 2.85. The Morgan fingerprint density at radius 1 is 0.963 bits per heavy atom. The Bertz CT molecular complexity index is 1130. The van der Waals surface area contributed by atoms with E-state index in [1.165, 1.54) is 3.97 Å². The topological polar surface area (TPSA) is 116 Å². The molecule has 1 aromatic heterocycles. The van der Waals surface area contributed by atoms with Crippen molar-refractivity contribution in [1.29, 1.82) is 0 Å². The Kier molecular flexibility index (Phi) is 5.00. The summed E-state index contributed by atoms with van der Waals surface area (Å²) < 4.78 is 27.6. The van der Waals surface area contributed by atoms with Crippen LogP contribution in [0.15, 0.2) is 75.9 Å². The van der Waals surface area contributed by atoms with Gasteiger partial charge in [0.25, 0.3) is 10.0 Å². The predicted octanol–water partition coefficient (Wildman–Crippen LogP) is 2.51. The molecule has 3 aromatic rings. The third-order valence-corrected chi connectivity index (χ3v) is 5.76. The van der Waals surface area contributed by atoms with Crippen LogP contribution in [0.1, 0.15) is 19.4 Å². The van der Waals surface area contributed by atoms with Crippen molar-refractivity contribution in [3.63, 3.8) is 0 Å². The molecule has 0 aliphatic carbocycles. The largest absolute Gasteiger partial charge is 0.369 e. The van der Waals surface area contributed by atoms with Gasteiger partial charge in [0.05, 0.1) is 16.1 Å². The van der Waals surface area contributed by atoms with E-state index in [1.807, 2.05) is 26.0 Å². The van der Waals surface area contributed by atoms with Gasteiger partial charge in [-0.25, -0.2) is 12.4 Å². The quantitative estimate of drug-likeness (QED) is 0.400. The van der Waals surface area contributed by atoms with E-state index in [2.05, 4.69) is 10.2 Å². The lowest BCUT2D eigenvalue weighted by Gasteiger charge is -2.08. The van der Waals surface area contributed by atoms with Gasteiger partial charge in [0, 0.05) is 17.1 Å². The molecule has 0 spiro atoms. The molecule has 0 saturated heterocycles. The highest BCUT2D eigenvalue weighted by Crippen LogP contribution is 2.28. The Morgan fingerprint density at radius 2 is 1.59 bits per heavy atom. The zero-order valence-electron chi connectivity index (χ0n) is 15.1. The number of fused-ring (bicyclic) bond motifs is 1. The first kappa shape index (κ1) is 18.7. The van der Waals surface area contributed by atoms with E-state index in [9.17, 15) is 8.42 Å². The standard InChI is InChI=1S/C19H21N5O2S/c1-13(2)18(22-23-19(20)21)16-12-24(17-11-7-6-10-15(16)17)27(25,26)14-8-4-3-5-9-14/h3-13H,1-2H3,(H4,20,21,23)/b22-18-. The first-order chi connectivity index (χ1) is 12.8. The highest BCUT2D eigenvalue weighted by Gasteiger charge is 2.23. The lowest BCUT2D eigenvalue weighted by molar-refractivity contribution is 0.589. The van der Waals surface area contributed by atoms with Crippen molar-refractivity contribution in [3.8, 4) is 0 Å². The van der Waals surface area contributed by atoms with Gasteiger partial charge >= 0.3 is 0 Å². The SMILES string of the molecule is CC(C)/C(=N/N=C(N)N)c1cn(S(=O)(=O)c2ccccc2)c2ccccc12. The molecular weight excluding hydrogens is 362 g/mol. The fourth-order valence-corrected chi connectivity index (χ4v) is 4.24. The van der Waals surface area contributed by atoms with Crippen molar-refractivity contribution in [2.75, 3.05) is 0 Å². The highest BCUT2D eigenvalue weighted by molar-refractivity contribution is 7.90. The van der Waals surface area contributed by atoms with Crippen molar-refractivity contribution in [2.24, 2.45) is 27.6 Å². The van der Waals surface area contributed by atoms with Crippen molar-refractivity contribution in [3.05, 3.63) is 66.4 Å². The van der Waals surface area contributed by atoms with Crippen molar-refractivity contribution < 1.29 is 8.42 Å².